The van der Waals surface area contributed by atoms with Crippen LogP contribution >= 0.6 is 0 Å². The van der Waals surface area contributed by atoms with Crippen molar-refractivity contribution in [3.63, 3.8) is 0 Å². The molecule has 6 heteroatoms. The number of aliphatic hydroxyl groups is 2. The van der Waals surface area contributed by atoms with Crippen LogP contribution in [-0.2, 0) is 19.1 Å². The van der Waals surface area contributed by atoms with Crippen molar-refractivity contribution in [2.45, 2.75) is 70.0 Å². The van der Waals surface area contributed by atoms with Crippen molar-refractivity contribution in [2.75, 3.05) is 13.7 Å². The number of cyclic esters (lactones) is 1. The second-order valence-corrected chi connectivity index (χ2v) is 10.4. The topological polar surface area (TPSA) is 93.1 Å². The van der Waals surface area contributed by atoms with E-state index >= 15 is 0 Å². The summed E-state index contributed by atoms with van der Waals surface area (Å²) in [6.45, 7) is 2.69. The summed E-state index contributed by atoms with van der Waals surface area (Å²) in [5.74, 6) is -0.0543. The van der Waals surface area contributed by atoms with Crippen molar-refractivity contribution in [1.82, 2.24) is 0 Å². The van der Waals surface area contributed by atoms with E-state index in [0.717, 1.165) is 31.3 Å². The van der Waals surface area contributed by atoms with Crippen molar-refractivity contribution < 1.29 is 29.3 Å². The Bertz CT molecular complexity index is 845. The number of rotatable bonds is 2. The summed E-state index contributed by atoms with van der Waals surface area (Å²) in [6.07, 6.45) is 8.62. The maximum absolute atomic E-state index is 13.2. The highest BCUT2D eigenvalue weighted by atomic mass is 16.5. The van der Waals surface area contributed by atoms with Gasteiger partial charge in [-0.15, -0.1) is 0 Å². The Labute approximate surface area is 177 Å². The van der Waals surface area contributed by atoms with Gasteiger partial charge < -0.3 is 19.7 Å². The number of carbonyl (C=O) groups excluding carboxylic acids is 2. The fourth-order valence-corrected chi connectivity index (χ4v) is 7.98. The molecular weight excluding hydrogens is 384 g/mol. The molecule has 0 unspecified atom stereocenters. The molecule has 1 aliphatic heterocycles. The van der Waals surface area contributed by atoms with E-state index in [1.165, 1.54) is 12.7 Å². The largest absolute Gasteiger partial charge is 0.468 e. The van der Waals surface area contributed by atoms with Crippen molar-refractivity contribution in [3.8, 4) is 0 Å². The fraction of sp³-hybridized carbons (Fsp3) is 0.750. The van der Waals surface area contributed by atoms with Crippen LogP contribution < -0.4 is 0 Å². The molecule has 1 heterocycles. The molecule has 2 N–H and O–H groups in total. The zero-order valence-electron chi connectivity index (χ0n) is 17.9. The summed E-state index contributed by atoms with van der Waals surface area (Å²) >= 11 is 0. The van der Waals surface area contributed by atoms with E-state index in [-0.39, 0.29) is 41.5 Å². The SMILES string of the molecule is COC(=O)[C@]12CC[C@H](O)C[C@]1(O)CC[C@@H]1C3=CC[C@@H](C4=CC(=O)OC4)[C@@]3(C)CC[C@@H]12. The van der Waals surface area contributed by atoms with Gasteiger partial charge in [0.15, 0.2) is 0 Å². The lowest BCUT2D eigenvalue weighted by Gasteiger charge is -2.62. The highest BCUT2D eigenvalue weighted by Crippen LogP contribution is 2.68. The first-order chi connectivity index (χ1) is 14.2. The molecule has 0 aromatic rings. The van der Waals surface area contributed by atoms with Crippen molar-refractivity contribution >= 4 is 11.9 Å². The van der Waals surface area contributed by atoms with Crippen molar-refractivity contribution in [3.05, 3.63) is 23.3 Å². The van der Waals surface area contributed by atoms with Crippen LogP contribution in [0.3, 0.4) is 0 Å². The minimum atomic E-state index is -1.21. The van der Waals surface area contributed by atoms with Crippen LogP contribution in [0.15, 0.2) is 23.3 Å². The number of esters is 2. The van der Waals surface area contributed by atoms with Gasteiger partial charge in [0.2, 0.25) is 0 Å². The number of ether oxygens (including phenoxy) is 2. The van der Waals surface area contributed by atoms with Gasteiger partial charge in [-0.2, -0.15) is 0 Å². The molecule has 3 fully saturated rings. The second-order valence-electron chi connectivity index (χ2n) is 10.4. The third-order valence-corrected chi connectivity index (χ3v) is 9.32. The average Bonchev–Trinajstić information content (AvgIpc) is 3.29. The molecule has 164 valence electrons. The normalized spacial score (nSPS) is 47.4. The summed E-state index contributed by atoms with van der Waals surface area (Å²) in [5, 5.41) is 21.9. The van der Waals surface area contributed by atoms with Gasteiger partial charge in [-0.1, -0.05) is 18.6 Å². The lowest BCUT2D eigenvalue weighted by atomic mass is 9.43. The summed E-state index contributed by atoms with van der Waals surface area (Å²) < 4.78 is 10.5. The van der Waals surface area contributed by atoms with Gasteiger partial charge in [0, 0.05) is 12.5 Å². The first kappa shape index (κ1) is 20.3. The van der Waals surface area contributed by atoms with Gasteiger partial charge in [-0.25, -0.2) is 4.79 Å². The molecule has 0 radical (unpaired) electrons. The molecule has 0 saturated heterocycles. The van der Waals surface area contributed by atoms with Gasteiger partial charge in [0.1, 0.15) is 12.0 Å². The predicted octanol–water partition coefficient (Wildman–Crippen LogP) is 2.68. The van der Waals surface area contributed by atoms with Crippen molar-refractivity contribution in [2.24, 2.45) is 28.6 Å². The standard InChI is InChI=1S/C24H32O6/c1-22-8-7-19-16(18(22)4-3-17(22)14-11-20(26)30-13-14)6-9-23(28)12-15(25)5-10-24(19,23)21(27)29-2/h4,11,15-17,19,25,28H,3,5-10,12-13H2,1-2H3/t15-,16+,17-,19-,22+,23+,24+/m0/s1. The van der Waals surface area contributed by atoms with E-state index in [2.05, 4.69) is 13.0 Å². The van der Waals surface area contributed by atoms with Crippen LogP contribution in [0.4, 0.5) is 0 Å². The second kappa shape index (κ2) is 6.67. The van der Waals surface area contributed by atoms with E-state index in [4.69, 9.17) is 9.47 Å². The van der Waals surface area contributed by atoms with Crippen LogP contribution in [0.25, 0.3) is 0 Å². The zero-order chi connectivity index (χ0) is 21.3. The smallest absolute Gasteiger partial charge is 0.331 e. The van der Waals surface area contributed by atoms with Crippen LogP contribution in [0, 0.1) is 28.6 Å². The number of hydrogen-bond acceptors (Lipinski definition) is 6. The van der Waals surface area contributed by atoms with Crippen LogP contribution in [0.5, 0.6) is 0 Å². The monoisotopic (exact) mass is 416 g/mol. The molecule has 30 heavy (non-hydrogen) atoms. The Morgan fingerprint density at radius 3 is 2.73 bits per heavy atom. The lowest BCUT2D eigenvalue weighted by Crippen LogP contribution is -2.66. The van der Waals surface area contributed by atoms with Crippen LogP contribution in [-0.4, -0.2) is 47.6 Å². The molecule has 5 rings (SSSR count). The molecule has 0 bridgehead atoms. The maximum atomic E-state index is 13.2. The number of hydrogen-bond donors (Lipinski definition) is 2. The van der Waals surface area contributed by atoms with Gasteiger partial charge >= 0.3 is 11.9 Å². The highest BCUT2D eigenvalue weighted by molar-refractivity contribution is 5.85. The molecule has 6 nitrogen and oxygen atoms in total. The Kier molecular flexibility index (Phi) is 4.50. The summed E-state index contributed by atoms with van der Waals surface area (Å²) in [6, 6.07) is 0. The number of aliphatic hydroxyl groups excluding tert-OH is 1. The number of carbonyl (C=O) groups is 2. The molecule has 7 atom stereocenters. The van der Waals surface area contributed by atoms with Gasteiger partial charge in [0.25, 0.3) is 0 Å². The minimum absolute atomic E-state index is 0.0183. The van der Waals surface area contributed by atoms with E-state index in [1.807, 2.05) is 0 Å². The summed E-state index contributed by atoms with van der Waals surface area (Å²) in [5.41, 5.74) is 0.278. The molecule has 3 saturated carbocycles. The molecular formula is C24H32O6. The number of fused-ring (bicyclic) bond motifs is 5. The van der Waals surface area contributed by atoms with Crippen LogP contribution in [0.1, 0.15) is 58.3 Å². The first-order valence-electron chi connectivity index (χ1n) is 11.3. The third kappa shape index (κ3) is 2.49. The van der Waals surface area contributed by atoms with Crippen molar-refractivity contribution in [1.29, 1.82) is 0 Å². The molecule has 5 aliphatic rings. The lowest BCUT2D eigenvalue weighted by molar-refractivity contribution is -0.225. The van der Waals surface area contributed by atoms with Gasteiger partial charge in [-0.05, 0) is 73.7 Å². The quantitative estimate of drug-likeness (QED) is 0.531. The fourth-order valence-electron chi connectivity index (χ4n) is 7.98. The molecule has 0 spiro atoms. The predicted molar refractivity (Wildman–Crippen MR) is 108 cm³/mol. The minimum Gasteiger partial charge on any atom is -0.468 e. The van der Waals surface area contributed by atoms with E-state index in [1.54, 1.807) is 6.08 Å². The molecule has 0 amide bonds. The zero-order valence-corrected chi connectivity index (χ0v) is 17.9. The Hall–Kier alpha value is -1.66. The van der Waals surface area contributed by atoms with E-state index < -0.39 is 17.1 Å². The Morgan fingerprint density at radius 1 is 1.23 bits per heavy atom. The maximum Gasteiger partial charge on any atom is 0.331 e. The van der Waals surface area contributed by atoms with Gasteiger partial charge in [0.05, 0.1) is 18.8 Å². The van der Waals surface area contributed by atoms with Gasteiger partial charge in [-0.3, -0.25) is 4.79 Å². The Morgan fingerprint density at radius 2 is 2.03 bits per heavy atom. The molecule has 0 aromatic carbocycles. The molecule has 4 aliphatic carbocycles. The van der Waals surface area contributed by atoms with E-state index in [0.29, 0.717) is 25.9 Å². The Balaban J connectivity index is 1.51. The summed E-state index contributed by atoms with van der Waals surface area (Å²) in [7, 11) is 1.41. The number of allylic oxidation sites excluding steroid dienone is 2. The number of methoxy groups -OCH3 is 1. The molecule has 0 aromatic heterocycles. The average molecular weight is 417 g/mol. The summed E-state index contributed by atoms with van der Waals surface area (Å²) in [4.78, 5) is 24.9. The van der Waals surface area contributed by atoms with E-state index in [9.17, 15) is 19.8 Å². The highest BCUT2D eigenvalue weighted by Gasteiger charge is 2.68. The third-order valence-electron chi connectivity index (χ3n) is 9.32. The first-order valence-corrected chi connectivity index (χ1v) is 11.3. The van der Waals surface area contributed by atoms with Crippen LogP contribution in [0.2, 0.25) is 0 Å².